The average molecular weight is 264 g/mol. The molecule has 2 heterocycles. The van der Waals surface area contributed by atoms with E-state index >= 15 is 0 Å². The van der Waals surface area contributed by atoms with Crippen molar-refractivity contribution in [2.75, 3.05) is 26.2 Å². The Bertz CT molecular complexity index is 393. The van der Waals surface area contributed by atoms with Crippen LogP contribution >= 0.6 is 0 Å². The molecule has 4 heteroatoms. The van der Waals surface area contributed by atoms with Gasteiger partial charge in [-0.1, -0.05) is 6.92 Å². The zero-order chi connectivity index (χ0) is 13.8. The van der Waals surface area contributed by atoms with Gasteiger partial charge >= 0.3 is 0 Å². The molecular weight excluding hydrogens is 236 g/mol. The van der Waals surface area contributed by atoms with Crippen molar-refractivity contribution in [3.8, 4) is 0 Å². The van der Waals surface area contributed by atoms with E-state index in [1.807, 2.05) is 11.7 Å². The van der Waals surface area contributed by atoms with Gasteiger partial charge in [-0.15, -0.1) is 0 Å². The number of nitrogens with one attached hydrogen (secondary N) is 1. The molecule has 1 aromatic heterocycles. The van der Waals surface area contributed by atoms with Crippen LogP contribution in [0.5, 0.6) is 0 Å². The van der Waals surface area contributed by atoms with Crippen LogP contribution in [0.3, 0.4) is 0 Å². The highest BCUT2D eigenvalue weighted by molar-refractivity contribution is 5.19. The third-order valence-electron chi connectivity index (χ3n) is 4.41. The lowest BCUT2D eigenvalue weighted by atomic mass is 9.96. The molecule has 0 bridgehead atoms. The third kappa shape index (κ3) is 3.57. The smallest absolute Gasteiger partial charge is 0.0641 e. The van der Waals surface area contributed by atoms with Crippen LogP contribution in [0.15, 0.2) is 6.20 Å². The Hall–Kier alpha value is -0.870. The number of piperidine rings is 1. The van der Waals surface area contributed by atoms with Crippen LogP contribution in [-0.4, -0.2) is 40.9 Å². The second-order valence-corrected chi connectivity index (χ2v) is 5.80. The molecular formula is C15H28N4. The van der Waals surface area contributed by atoms with Crippen LogP contribution < -0.4 is 5.32 Å². The molecule has 1 aromatic rings. The molecule has 108 valence electrons. The quantitative estimate of drug-likeness (QED) is 0.884. The van der Waals surface area contributed by atoms with Crippen LogP contribution in [0.2, 0.25) is 0 Å². The molecule has 19 heavy (non-hydrogen) atoms. The van der Waals surface area contributed by atoms with Gasteiger partial charge in [0.2, 0.25) is 0 Å². The molecule has 1 saturated heterocycles. The summed E-state index contributed by atoms with van der Waals surface area (Å²) in [5, 5.41) is 7.92. The van der Waals surface area contributed by atoms with Crippen LogP contribution in [0, 0.1) is 12.8 Å². The van der Waals surface area contributed by atoms with Crippen molar-refractivity contribution in [2.24, 2.45) is 13.0 Å². The van der Waals surface area contributed by atoms with Crippen molar-refractivity contribution >= 4 is 0 Å². The van der Waals surface area contributed by atoms with E-state index < -0.39 is 0 Å². The molecule has 0 saturated carbocycles. The van der Waals surface area contributed by atoms with Gasteiger partial charge in [-0.3, -0.25) is 9.58 Å². The highest BCUT2D eigenvalue weighted by Gasteiger charge is 2.22. The summed E-state index contributed by atoms with van der Waals surface area (Å²) in [6.07, 6.45) is 4.80. The van der Waals surface area contributed by atoms with Crippen LogP contribution in [-0.2, 0) is 7.05 Å². The normalized spacial score (nSPS) is 19.0. The minimum absolute atomic E-state index is 0.466. The summed E-state index contributed by atoms with van der Waals surface area (Å²) < 4.78 is 1.93. The lowest BCUT2D eigenvalue weighted by Gasteiger charge is -2.33. The SMILES string of the molecule is CCN(CC1CCNCC1)C(C)c1cn(C)nc1C. The maximum atomic E-state index is 4.48. The molecule has 0 aromatic carbocycles. The summed E-state index contributed by atoms with van der Waals surface area (Å²) in [5.74, 6) is 0.848. The van der Waals surface area contributed by atoms with Crippen molar-refractivity contribution in [1.82, 2.24) is 20.0 Å². The maximum Gasteiger partial charge on any atom is 0.0641 e. The molecule has 0 amide bonds. The predicted molar refractivity (Wildman–Crippen MR) is 79.2 cm³/mol. The van der Waals surface area contributed by atoms with E-state index in [9.17, 15) is 0 Å². The summed E-state index contributed by atoms with van der Waals surface area (Å²) in [7, 11) is 2.01. The summed E-state index contributed by atoms with van der Waals surface area (Å²) in [5.41, 5.74) is 2.54. The Morgan fingerprint density at radius 2 is 2.16 bits per heavy atom. The van der Waals surface area contributed by atoms with Crippen molar-refractivity contribution < 1.29 is 0 Å². The van der Waals surface area contributed by atoms with Gasteiger partial charge in [-0.05, 0) is 52.2 Å². The van der Waals surface area contributed by atoms with Gasteiger partial charge in [0.15, 0.2) is 0 Å². The number of rotatable bonds is 5. The summed E-state index contributed by atoms with van der Waals surface area (Å²) in [6, 6.07) is 0.466. The van der Waals surface area contributed by atoms with Gasteiger partial charge in [0.1, 0.15) is 0 Å². The molecule has 1 atom stereocenters. The fourth-order valence-corrected chi connectivity index (χ4v) is 3.18. The van der Waals surface area contributed by atoms with Crippen molar-refractivity contribution in [3.05, 3.63) is 17.5 Å². The second-order valence-electron chi connectivity index (χ2n) is 5.80. The standard InChI is InChI=1S/C15H28N4/c1-5-19(10-14-6-8-16-9-7-14)13(3)15-11-18(4)17-12(15)2/h11,13-14,16H,5-10H2,1-4H3. The first-order chi connectivity index (χ1) is 9.11. The molecule has 1 N–H and O–H groups in total. The maximum absolute atomic E-state index is 4.48. The van der Waals surface area contributed by atoms with Gasteiger partial charge < -0.3 is 5.32 Å². The van der Waals surface area contributed by atoms with Crippen LogP contribution in [0.25, 0.3) is 0 Å². The van der Waals surface area contributed by atoms with E-state index in [2.05, 4.69) is 42.3 Å². The average Bonchev–Trinajstić information content (AvgIpc) is 2.75. The van der Waals surface area contributed by atoms with Gasteiger partial charge in [-0.2, -0.15) is 5.10 Å². The molecule has 2 rings (SSSR count). The highest BCUT2D eigenvalue weighted by Crippen LogP contribution is 2.25. The van der Waals surface area contributed by atoms with Crippen LogP contribution in [0.1, 0.15) is 44.0 Å². The van der Waals surface area contributed by atoms with E-state index in [4.69, 9.17) is 0 Å². The lowest BCUT2D eigenvalue weighted by molar-refractivity contribution is 0.168. The number of hydrogen-bond donors (Lipinski definition) is 1. The number of aryl methyl sites for hydroxylation is 2. The first-order valence-corrected chi connectivity index (χ1v) is 7.56. The first-order valence-electron chi connectivity index (χ1n) is 7.56. The monoisotopic (exact) mass is 264 g/mol. The molecule has 1 fully saturated rings. The van der Waals surface area contributed by atoms with E-state index in [0.717, 1.165) is 12.5 Å². The molecule has 4 nitrogen and oxygen atoms in total. The lowest BCUT2D eigenvalue weighted by Crippen LogP contribution is -2.37. The fraction of sp³-hybridized carbons (Fsp3) is 0.800. The zero-order valence-electron chi connectivity index (χ0n) is 12.8. The fourth-order valence-electron chi connectivity index (χ4n) is 3.18. The predicted octanol–water partition coefficient (Wildman–Crippen LogP) is 2.11. The summed E-state index contributed by atoms with van der Waals surface area (Å²) in [6.45, 7) is 11.4. The molecule has 0 spiro atoms. The Kier molecular flexibility index (Phi) is 4.99. The topological polar surface area (TPSA) is 33.1 Å². The molecule has 0 aliphatic carbocycles. The molecule has 1 aliphatic rings. The Morgan fingerprint density at radius 1 is 1.47 bits per heavy atom. The minimum Gasteiger partial charge on any atom is -0.317 e. The second kappa shape index (κ2) is 6.53. The van der Waals surface area contributed by atoms with E-state index in [0.29, 0.717) is 6.04 Å². The number of hydrogen-bond acceptors (Lipinski definition) is 3. The third-order valence-corrected chi connectivity index (χ3v) is 4.41. The minimum atomic E-state index is 0.466. The van der Waals surface area contributed by atoms with E-state index in [-0.39, 0.29) is 0 Å². The number of aromatic nitrogens is 2. The van der Waals surface area contributed by atoms with Crippen molar-refractivity contribution in [1.29, 1.82) is 0 Å². The number of nitrogens with zero attached hydrogens (tertiary/aromatic N) is 3. The molecule has 1 aliphatic heterocycles. The first kappa shape index (κ1) is 14.5. The largest absolute Gasteiger partial charge is 0.317 e. The Balaban J connectivity index is 2.01. The summed E-state index contributed by atoms with van der Waals surface area (Å²) in [4.78, 5) is 2.60. The Labute approximate surface area is 117 Å². The molecule has 0 radical (unpaired) electrons. The van der Waals surface area contributed by atoms with E-state index in [1.165, 1.54) is 43.7 Å². The zero-order valence-corrected chi connectivity index (χ0v) is 12.8. The van der Waals surface area contributed by atoms with Gasteiger partial charge in [-0.25, -0.2) is 0 Å². The van der Waals surface area contributed by atoms with Crippen molar-refractivity contribution in [3.63, 3.8) is 0 Å². The van der Waals surface area contributed by atoms with Crippen LogP contribution in [0.4, 0.5) is 0 Å². The highest BCUT2D eigenvalue weighted by atomic mass is 15.3. The summed E-state index contributed by atoms with van der Waals surface area (Å²) >= 11 is 0. The Morgan fingerprint density at radius 3 is 2.68 bits per heavy atom. The van der Waals surface area contributed by atoms with Gasteiger partial charge in [0.05, 0.1) is 5.69 Å². The van der Waals surface area contributed by atoms with E-state index in [1.54, 1.807) is 0 Å². The van der Waals surface area contributed by atoms with Gasteiger partial charge in [0.25, 0.3) is 0 Å². The van der Waals surface area contributed by atoms with Crippen molar-refractivity contribution in [2.45, 2.75) is 39.7 Å². The molecule has 1 unspecified atom stereocenters. The van der Waals surface area contributed by atoms with Gasteiger partial charge in [0, 0.05) is 31.4 Å².